The third-order valence-corrected chi connectivity index (χ3v) is 4.72. The van der Waals surface area contributed by atoms with E-state index in [0.29, 0.717) is 6.04 Å². The van der Waals surface area contributed by atoms with Gasteiger partial charge in [-0.05, 0) is 32.5 Å². The zero-order chi connectivity index (χ0) is 14.4. The van der Waals surface area contributed by atoms with Gasteiger partial charge in [0, 0.05) is 23.5 Å². The van der Waals surface area contributed by atoms with Crippen LogP contribution in [0.5, 0.6) is 0 Å². The number of aromatic nitrogens is 2. The predicted octanol–water partition coefficient (Wildman–Crippen LogP) is 2.78. The van der Waals surface area contributed by atoms with Gasteiger partial charge in [-0.15, -0.1) is 0 Å². The molecule has 1 N–H and O–H groups in total. The van der Waals surface area contributed by atoms with Crippen LogP contribution in [0, 0.1) is 0 Å². The smallest absolute Gasteiger partial charge is 0.115 e. The first-order valence-electron chi connectivity index (χ1n) is 8.01. The van der Waals surface area contributed by atoms with Gasteiger partial charge in [0.1, 0.15) is 6.33 Å². The lowest BCUT2D eigenvalue weighted by Crippen LogP contribution is -2.55. The molecule has 0 saturated heterocycles. The Hall–Kier alpha value is -1.00. The summed E-state index contributed by atoms with van der Waals surface area (Å²) >= 11 is 0. The molecule has 1 unspecified atom stereocenters. The van der Waals surface area contributed by atoms with Gasteiger partial charge in [-0.3, -0.25) is 4.90 Å². The monoisotopic (exact) mass is 276 g/mol. The summed E-state index contributed by atoms with van der Waals surface area (Å²) in [6, 6.07) is 0.330. The fraction of sp³-hybridized carbons (Fsp3) is 0.750. The van der Waals surface area contributed by atoms with Crippen molar-refractivity contribution in [2.45, 2.75) is 58.0 Å². The molecular weight excluding hydrogens is 248 g/mol. The summed E-state index contributed by atoms with van der Waals surface area (Å²) < 4.78 is 0. The van der Waals surface area contributed by atoms with Crippen molar-refractivity contribution in [2.75, 3.05) is 19.6 Å². The Morgan fingerprint density at radius 1 is 1.15 bits per heavy atom. The maximum atomic E-state index is 4.23. The highest BCUT2D eigenvalue weighted by molar-refractivity contribution is 5.19. The fourth-order valence-electron chi connectivity index (χ4n) is 3.91. The Morgan fingerprint density at radius 2 is 1.75 bits per heavy atom. The second kappa shape index (κ2) is 7.14. The van der Waals surface area contributed by atoms with Crippen molar-refractivity contribution in [3.8, 4) is 0 Å². The highest BCUT2D eigenvalue weighted by atomic mass is 15.2. The van der Waals surface area contributed by atoms with E-state index in [9.17, 15) is 0 Å². The Balaban J connectivity index is 2.37. The molecule has 0 bridgehead atoms. The Labute approximate surface area is 123 Å². The Kier molecular flexibility index (Phi) is 5.49. The van der Waals surface area contributed by atoms with Crippen LogP contribution < -0.4 is 5.32 Å². The van der Waals surface area contributed by atoms with E-state index < -0.39 is 0 Å². The Bertz CT molecular complexity index is 383. The molecule has 1 aliphatic rings. The van der Waals surface area contributed by atoms with Crippen molar-refractivity contribution in [1.82, 2.24) is 20.2 Å². The number of nitrogens with one attached hydrogen (secondary N) is 1. The predicted molar refractivity (Wildman–Crippen MR) is 82.6 cm³/mol. The molecule has 2 rings (SSSR count). The number of nitrogens with zero attached hydrogens (tertiary/aromatic N) is 3. The zero-order valence-corrected chi connectivity index (χ0v) is 13.1. The molecule has 0 spiro atoms. The van der Waals surface area contributed by atoms with E-state index in [4.69, 9.17) is 0 Å². The van der Waals surface area contributed by atoms with Gasteiger partial charge in [-0.1, -0.05) is 33.6 Å². The fourth-order valence-corrected chi connectivity index (χ4v) is 3.91. The number of hydrogen-bond acceptors (Lipinski definition) is 4. The van der Waals surface area contributed by atoms with Crippen LogP contribution in [0.25, 0.3) is 0 Å². The molecule has 1 saturated carbocycles. The molecule has 0 aliphatic heterocycles. The molecule has 0 aromatic carbocycles. The van der Waals surface area contributed by atoms with Gasteiger partial charge in [0.05, 0.1) is 6.04 Å². The summed E-state index contributed by atoms with van der Waals surface area (Å²) in [5, 5.41) is 3.71. The van der Waals surface area contributed by atoms with Gasteiger partial charge in [-0.2, -0.15) is 0 Å². The molecule has 0 radical (unpaired) electrons. The lowest BCUT2D eigenvalue weighted by molar-refractivity contribution is 0.0629. The molecule has 1 atom stereocenters. The van der Waals surface area contributed by atoms with Gasteiger partial charge in [0.2, 0.25) is 0 Å². The van der Waals surface area contributed by atoms with Crippen LogP contribution in [-0.4, -0.2) is 40.0 Å². The first kappa shape index (κ1) is 15.4. The molecule has 1 fully saturated rings. The average Bonchev–Trinajstić information content (AvgIpc) is 2.97. The molecule has 4 heteroatoms. The third kappa shape index (κ3) is 2.86. The van der Waals surface area contributed by atoms with Gasteiger partial charge < -0.3 is 5.32 Å². The van der Waals surface area contributed by atoms with Crippen LogP contribution in [0.15, 0.2) is 18.7 Å². The number of hydrogen-bond donors (Lipinski definition) is 1. The van der Waals surface area contributed by atoms with E-state index in [1.165, 1.54) is 31.2 Å². The van der Waals surface area contributed by atoms with Crippen LogP contribution in [-0.2, 0) is 0 Å². The van der Waals surface area contributed by atoms with E-state index in [1.54, 1.807) is 6.33 Å². The normalized spacial score (nSPS) is 19.4. The highest BCUT2D eigenvalue weighted by Crippen LogP contribution is 2.44. The standard InChI is InChI=1S/C16H28N4/c1-4-19-15(14-11-17-13-18-12-14)16(9-7-8-10-16)20(5-2)6-3/h11-13,15,19H,4-10H2,1-3H3. The molecular formula is C16H28N4. The molecule has 0 amide bonds. The summed E-state index contributed by atoms with van der Waals surface area (Å²) in [5.41, 5.74) is 1.45. The van der Waals surface area contributed by atoms with E-state index in [0.717, 1.165) is 19.6 Å². The summed E-state index contributed by atoms with van der Waals surface area (Å²) in [7, 11) is 0. The molecule has 1 aliphatic carbocycles. The van der Waals surface area contributed by atoms with Gasteiger partial charge in [-0.25, -0.2) is 9.97 Å². The van der Waals surface area contributed by atoms with Crippen LogP contribution in [0.2, 0.25) is 0 Å². The highest BCUT2D eigenvalue weighted by Gasteiger charge is 2.45. The van der Waals surface area contributed by atoms with Gasteiger partial charge in [0.25, 0.3) is 0 Å². The molecule has 4 nitrogen and oxygen atoms in total. The average molecular weight is 276 g/mol. The Morgan fingerprint density at radius 3 is 2.25 bits per heavy atom. The second-order valence-corrected chi connectivity index (χ2v) is 5.65. The van der Waals surface area contributed by atoms with E-state index in [1.807, 2.05) is 12.4 Å². The first-order chi connectivity index (χ1) is 9.78. The first-order valence-corrected chi connectivity index (χ1v) is 8.01. The molecule has 20 heavy (non-hydrogen) atoms. The molecule has 1 aromatic rings. The van der Waals surface area contributed by atoms with E-state index in [-0.39, 0.29) is 5.54 Å². The maximum Gasteiger partial charge on any atom is 0.115 e. The lowest BCUT2D eigenvalue weighted by atomic mass is 9.82. The minimum absolute atomic E-state index is 0.226. The largest absolute Gasteiger partial charge is 0.309 e. The van der Waals surface area contributed by atoms with Gasteiger partial charge >= 0.3 is 0 Å². The maximum absolute atomic E-state index is 4.23. The number of rotatable bonds is 7. The van der Waals surface area contributed by atoms with Crippen LogP contribution >= 0.6 is 0 Å². The van der Waals surface area contributed by atoms with Crippen molar-refractivity contribution in [2.24, 2.45) is 0 Å². The van der Waals surface area contributed by atoms with Crippen molar-refractivity contribution in [3.05, 3.63) is 24.3 Å². The topological polar surface area (TPSA) is 41.1 Å². The minimum Gasteiger partial charge on any atom is -0.309 e. The quantitative estimate of drug-likeness (QED) is 0.831. The van der Waals surface area contributed by atoms with Crippen molar-refractivity contribution in [3.63, 3.8) is 0 Å². The van der Waals surface area contributed by atoms with Crippen molar-refractivity contribution < 1.29 is 0 Å². The summed E-state index contributed by atoms with van der Waals surface area (Å²) in [6.45, 7) is 9.91. The van der Waals surface area contributed by atoms with Crippen LogP contribution in [0.4, 0.5) is 0 Å². The summed E-state index contributed by atoms with van der Waals surface area (Å²) in [4.78, 5) is 11.1. The van der Waals surface area contributed by atoms with E-state index >= 15 is 0 Å². The summed E-state index contributed by atoms with van der Waals surface area (Å²) in [6.07, 6.45) is 10.7. The second-order valence-electron chi connectivity index (χ2n) is 5.65. The molecule has 1 heterocycles. The van der Waals surface area contributed by atoms with Gasteiger partial charge in [0.15, 0.2) is 0 Å². The lowest BCUT2D eigenvalue weighted by Gasteiger charge is -2.46. The van der Waals surface area contributed by atoms with Crippen molar-refractivity contribution in [1.29, 1.82) is 0 Å². The minimum atomic E-state index is 0.226. The number of likely N-dealkylation sites (N-methyl/N-ethyl adjacent to an activating group) is 2. The molecule has 112 valence electrons. The SMILES string of the molecule is CCNC(c1cncnc1)C1(N(CC)CC)CCCC1. The van der Waals surface area contributed by atoms with E-state index in [2.05, 4.69) is 41.0 Å². The van der Waals surface area contributed by atoms with Crippen LogP contribution in [0.1, 0.15) is 58.1 Å². The summed E-state index contributed by atoms with van der Waals surface area (Å²) in [5.74, 6) is 0. The van der Waals surface area contributed by atoms with Crippen molar-refractivity contribution >= 4 is 0 Å². The third-order valence-electron chi connectivity index (χ3n) is 4.72. The zero-order valence-electron chi connectivity index (χ0n) is 13.1. The van der Waals surface area contributed by atoms with Crippen LogP contribution in [0.3, 0.4) is 0 Å². The molecule has 1 aromatic heterocycles.